The van der Waals surface area contributed by atoms with Crippen molar-refractivity contribution < 1.29 is 23.1 Å². The summed E-state index contributed by atoms with van der Waals surface area (Å²) in [6, 6.07) is 0. The van der Waals surface area contributed by atoms with Gasteiger partial charge in [0.15, 0.2) is 0 Å². The first-order chi connectivity index (χ1) is 7.68. The van der Waals surface area contributed by atoms with Gasteiger partial charge in [0.2, 0.25) is 5.54 Å². The van der Waals surface area contributed by atoms with Crippen LogP contribution in [0.5, 0.6) is 0 Å². The summed E-state index contributed by atoms with van der Waals surface area (Å²) < 4.78 is 39.0. The molecule has 1 heterocycles. The summed E-state index contributed by atoms with van der Waals surface area (Å²) >= 11 is 0. The van der Waals surface area contributed by atoms with E-state index in [1.165, 1.54) is 18.1 Å². The molecule has 0 bridgehead atoms. The Bertz CT molecular complexity index is 417. The van der Waals surface area contributed by atoms with Crippen molar-refractivity contribution in [3.8, 4) is 0 Å². The third kappa shape index (κ3) is 2.54. The molecule has 0 aliphatic carbocycles. The molecule has 1 unspecified atom stereocenters. The van der Waals surface area contributed by atoms with Crippen LogP contribution in [0.4, 0.5) is 13.2 Å². The highest BCUT2D eigenvalue weighted by Gasteiger charge is 2.57. The second-order valence-electron chi connectivity index (χ2n) is 3.58. The van der Waals surface area contributed by atoms with Gasteiger partial charge >= 0.3 is 12.1 Å². The molecule has 0 radical (unpaired) electrons. The molecule has 1 rings (SSSR count). The number of halogens is 3. The van der Waals surface area contributed by atoms with Crippen molar-refractivity contribution in [2.75, 3.05) is 0 Å². The Morgan fingerprint density at radius 1 is 1.59 bits per heavy atom. The minimum absolute atomic E-state index is 0.210. The zero-order valence-electron chi connectivity index (χ0n) is 9.12. The van der Waals surface area contributed by atoms with Crippen molar-refractivity contribution in [2.24, 2.45) is 7.05 Å². The normalized spacial score (nSPS) is 15.6. The second kappa shape index (κ2) is 4.32. The molecule has 0 aliphatic heterocycles. The molecular weight excluding hydrogens is 241 g/mol. The van der Waals surface area contributed by atoms with E-state index in [1.54, 1.807) is 0 Å². The maximum Gasteiger partial charge on any atom is 0.417 e. The predicted molar refractivity (Wildman–Crippen MR) is 49.9 cm³/mol. The van der Waals surface area contributed by atoms with Crippen LogP contribution in [0.2, 0.25) is 0 Å². The molecule has 96 valence electrons. The topological polar surface area (TPSA) is 80.0 Å². The van der Waals surface area contributed by atoms with Crippen LogP contribution in [0.15, 0.2) is 6.33 Å². The number of nitrogens with one attached hydrogen (secondary N) is 1. The highest BCUT2D eigenvalue weighted by molar-refractivity contribution is 5.79. The van der Waals surface area contributed by atoms with Gasteiger partial charge in [0.25, 0.3) is 0 Å². The Labute approximate surface area is 94.5 Å². The fraction of sp³-hybridized carbons (Fsp3) is 0.625. The molecule has 9 heteroatoms. The molecule has 0 aromatic carbocycles. The van der Waals surface area contributed by atoms with E-state index in [0.29, 0.717) is 6.92 Å². The van der Waals surface area contributed by atoms with Gasteiger partial charge in [-0.15, -0.1) is 0 Å². The van der Waals surface area contributed by atoms with Crippen molar-refractivity contribution >= 4 is 5.97 Å². The number of carbonyl (C=O) groups is 1. The summed E-state index contributed by atoms with van der Waals surface area (Å²) in [5.41, 5.74) is -3.01. The highest BCUT2D eigenvalue weighted by Crippen LogP contribution is 2.30. The number of carboxylic acids is 1. The fourth-order valence-electron chi connectivity index (χ4n) is 1.03. The van der Waals surface area contributed by atoms with Gasteiger partial charge in [-0.2, -0.15) is 18.3 Å². The molecule has 2 N–H and O–H groups in total. The lowest BCUT2D eigenvalue weighted by molar-refractivity contribution is -0.206. The van der Waals surface area contributed by atoms with E-state index in [1.807, 2.05) is 5.32 Å². The second-order valence-corrected chi connectivity index (χ2v) is 3.58. The van der Waals surface area contributed by atoms with Crippen LogP contribution in [0.25, 0.3) is 0 Å². The SMILES string of the molecule is Cn1ncnc1CNC(C)(C(=O)O)C(F)(F)F. The minimum atomic E-state index is -4.91. The first-order valence-electron chi connectivity index (χ1n) is 4.56. The zero-order valence-corrected chi connectivity index (χ0v) is 9.12. The molecule has 0 fully saturated rings. The van der Waals surface area contributed by atoms with Gasteiger partial charge in [-0.1, -0.05) is 0 Å². The number of aromatic nitrogens is 3. The number of carboxylic acid groups (broad SMARTS) is 1. The number of hydrogen-bond donors (Lipinski definition) is 2. The van der Waals surface area contributed by atoms with Crippen LogP contribution in [0.3, 0.4) is 0 Å². The van der Waals surface area contributed by atoms with Gasteiger partial charge in [-0.05, 0) is 6.92 Å². The molecule has 0 saturated heterocycles. The smallest absolute Gasteiger partial charge is 0.417 e. The zero-order chi connectivity index (χ0) is 13.3. The van der Waals surface area contributed by atoms with Crippen molar-refractivity contribution in [1.29, 1.82) is 0 Å². The van der Waals surface area contributed by atoms with Crippen LogP contribution in [-0.4, -0.2) is 37.6 Å². The Morgan fingerprint density at radius 3 is 2.53 bits per heavy atom. The molecule has 0 spiro atoms. The summed E-state index contributed by atoms with van der Waals surface area (Å²) in [5, 5.41) is 14.2. The molecular formula is C8H11F3N4O2. The average molecular weight is 252 g/mol. The summed E-state index contributed by atoms with van der Waals surface area (Å²) in [6.45, 7) is 0.213. The molecule has 1 atom stereocenters. The van der Waals surface area contributed by atoms with Crippen molar-refractivity contribution in [3.63, 3.8) is 0 Å². The molecule has 0 saturated carbocycles. The number of rotatable bonds is 4. The van der Waals surface area contributed by atoms with E-state index in [0.717, 1.165) is 0 Å². The Kier molecular flexibility index (Phi) is 3.41. The first kappa shape index (κ1) is 13.4. The Hall–Kier alpha value is -1.64. The molecule has 17 heavy (non-hydrogen) atoms. The number of nitrogens with zero attached hydrogens (tertiary/aromatic N) is 3. The van der Waals surface area contributed by atoms with Gasteiger partial charge in [0, 0.05) is 7.05 Å². The first-order valence-corrected chi connectivity index (χ1v) is 4.56. The van der Waals surface area contributed by atoms with Crippen LogP contribution in [0, 0.1) is 0 Å². The lowest BCUT2D eigenvalue weighted by Crippen LogP contribution is -2.60. The minimum Gasteiger partial charge on any atom is -0.480 e. The Balaban J connectivity index is 2.83. The van der Waals surface area contributed by atoms with Gasteiger partial charge < -0.3 is 5.11 Å². The highest BCUT2D eigenvalue weighted by atomic mass is 19.4. The van der Waals surface area contributed by atoms with Crippen LogP contribution in [-0.2, 0) is 18.4 Å². The van der Waals surface area contributed by atoms with E-state index in [2.05, 4.69) is 10.1 Å². The Morgan fingerprint density at radius 2 is 2.18 bits per heavy atom. The summed E-state index contributed by atoms with van der Waals surface area (Å²) in [5.74, 6) is -1.78. The van der Waals surface area contributed by atoms with E-state index in [-0.39, 0.29) is 12.4 Å². The lowest BCUT2D eigenvalue weighted by Gasteiger charge is -2.28. The van der Waals surface area contributed by atoms with Gasteiger partial charge in [0.1, 0.15) is 12.2 Å². The average Bonchev–Trinajstić information content (AvgIpc) is 2.58. The quantitative estimate of drug-likeness (QED) is 0.806. The standard InChI is InChI=1S/C8H11F3N4O2/c1-7(6(16)17,8(9,10)11)13-3-5-12-4-14-15(5)2/h4,13H,3H2,1-2H3,(H,16,17). The molecule has 6 nitrogen and oxygen atoms in total. The molecule has 1 aromatic rings. The van der Waals surface area contributed by atoms with E-state index >= 15 is 0 Å². The van der Waals surface area contributed by atoms with Crippen LogP contribution >= 0.6 is 0 Å². The predicted octanol–water partition coefficient (Wildman–Crippen LogP) is 0.310. The fourth-order valence-corrected chi connectivity index (χ4v) is 1.03. The van der Waals surface area contributed by atoms with Gasteiger partial charge in [-0.25, -0.2) is 9.78 Å². The van der Waals surface area contributed by atoms with Crippen molar-refractivity contribution in [2.45, 2.75) is 25.2 Å². The molecule has 0 aliphatic rings. The van der Waals surface area contributed by atoms with Gasteiger partial charge in [0.05, 0.1) is 6.54 Å². The summed E-state index contributed by atoms with van der Waals surface area (Å²) in [7, 11) is 1.50. The number of aryl methyl sites for hydroxylation is 1. The number of aliphatic carboxylic acids is 1. The van der Waals surface area contributed by atoms with Crippen LogP contribution in [0.1, 0.15) is 12.7 Å². The van der Waals surface area contributed by atoms with E-state index < -0.39 is 17.7 Å². The summed E-state index contributed by atoms with van der Waals surface area (Å²) in [6.07, 6.45) is -3.74. The van der Waals surface area contributed by atoms with Crippen LogP contribution < -0.4 is 5.32 Å². The number of hydrogen-bond acceptors (Lipinski definition) is 4. The summed E-state index contributed by atoms with van der Waals surface area (Å²) in [4.78, 5) is 14.4. The monoisotopic (exact) mass is 252 g/mol. The van der Waals surface area contributed by atoms with Crippen molar-refractivity contribution in [1.82, 2.24) is 20.1 Å². The van der Waals surface area contributed by atoms with Gasteiger partial charge in [-0.3, -0.25) is 10.00 Å². The number of alkyl halides is 3. The maximum atomic E-state index is 12.6. The van der Waals surface area contributed by atoms with Crippen molar-refractivity contribution in [3.05, 3.63) is 12.2 Å². The maximum absolute atomic E-state index is 12.6. The molecule has 0 amide bonds. The van der Waals surface area contributed by atoms with E-state index in [9.17, 15) is 18.0 Å². The van der Waals surface area contributed by atoms with E-state index in [4.69, 9.17) is 5.11 Å². The lowest BCUT2D eigenvalue weighted by atomic mass is 10.0. The third-order valence-electron chi connectivity index (χ3n) is 2.40. The largest absolute Gasteiger partial charge is 0.480 e. The molecule has 1 aromatic heterocycles. The third-order valence-corrected chi connectivity index (χ3v) is 2.40.